The Morgan fingerprint density at radius 2 is 2.00 bits per heavy atom. The lowest BCUT2D eigenvalue weighted by molar-refractivity contribution is -0.163. The van der Waals surface area contributed by atoms with Crippen LogP contribution in [-0.2, 0) is 18.9 Å². The average Bonchev–Trinajstić information content (AvgIpc) is 2.51. The highest BCUT2D eigenvalue weighted by molar-refractivity contribution is 4.79. The van der Waals surface area contributed by atoms with Gasteiger partial charge in [0.15, 0.2) is 12.6 Å². The molecule has 1 heterocycles. The molecule has 0 aromatic heterocycles. The highest BCUT2D eigenvalue weighted by Gasteiger charge is 2.21. The molecule has 0 aliphatic carbocycles. The molecule has 0 saturated carbocycles. The molecule has 0 aromatic rings. The van der Waals surface area contributed by atoms with Gasteiger partial charge >= 0.3 is 0 Å². The predicted molar refractivity (Wildman–Crippen MR) is 80.8 cm³/mol. The first kappa shape index (κ1) is 18.4. The quantitative estimate of drug-likeness (QED) is 0.333. The average molecular weight is 299 g/mol. The smallest absolute Gasteiger partial charge is 0.228 e. The third-order valence-electron chi connectivity index (χ3n) is 3.48. The van der Waals surface area contributed by atoms with E-state index in [1.807, 2.05) is 13.8 Å². The summed E-state index contributed by atoms with van der Waals surface area (Å²) in [5.74, 6) is 0. The van der Waals surface area contributed by atoms with Crippen molar-refractivity contribution in [2.75, 3.05) is 26.4 Å². The van der Waals surface area contributed by atoms with Crippen LogP contribution < -0.4 is 0 Å². The highest BCUT2D eigenvalue weighted by Crippen LogP contribution is 2.16. The van der Waals surface area contributed by atoms with Crippen molar-refractivity contribution in [1.82, 2.24) is 0 Å². The largest absolute Gasteiger partial charge is 0.353 e. The summed E-state index contributed by atoms with van der Waals surface area (Å²) in [7, 11) is 0. The van der Waals surface area contributed by atoms with Crippen molar-refractivity contribution in [3.05, 3.63) is 11.4 Å². The Morgan fingerprint density at radius 3 is 2.57 bits per heavy atom. The van der Waals surface area contributed by atoms with Gasteiger partial charge in [0.1, 0.15) is 0 Å². The van der Waals surface area contributed by atoms with Crippen LogP contribution in [-0.4, -0.2) is 45.0 Å². The Morgan fingerprint density at radius 1 is 1.24 bits per heavy atom. The van der Waals surface area contributed by atoms with E-state index < -0.39 is 0 Å². The zero-order chi connectivity index (χ0) is 15.3. The molecule has 2 atom stereocenters. The van der Waals surface area contributed by atoms with Crippen LogP contribution in [0.2, 0.25) is 0 Å². The lowest BCUT2D eigenvalue weighted by atomic mass is 10.1. The minimum atomic E-state index is -0.262. The van der Waals surface area contributed by atoms with E-state index in [9.17, 15) is 0 Å². The lowest BCUT2D eigenvalue weighted by Crippen LogP contribution is -2.24. The van der Waals surface area contributed by atoms with Gasteiger partial charge in [-0.2, -0.15) is 0 Å². The Kier molecular flexibility index (Phi) is 10.4. The maximum absolute atomic E-state index is 7.30. The minimum absolute atomic E-state index is 0.0373. The van der Waals surface area contributed by atoms with E-state index in [1.165, 1.54) is 6.42 Å². The lowest BCUT2D eigenvalue weighted by Gasteiger charge is -2.22. The summed E-state index contributed by atoms with van der Waals surface area (Å²) in [4.78, 5) is 3.68. The van der Waals surface area contributed by atoms with Gasteiger partial charge in [0.25, 0.3) is 0 Å². The summed E-state index contributed by atoms with van der Waals surface area (Å²) >= 11 is 0. The van der Waals surface area contributed by atoms with Crippen molar-refractivity contribution in [3.63, 3.8) is 0 Å². The summed E-state index contributed by atoms with van der Waals surface area (Å²) in [5, 5.41) is 0. The Hall–Kier alpha value is -0.670. The molecular formula is C16H29NO4. The van der Waals surface area contributed by atoms with Crippen LogP contribution in [0, 0.1) is 6.57 Å². The molecule has 1 saturated heterocycles. The molecule has 0 radical (unpaired) electrons. The van der Waals surface area contributed by atoms with E-state index >= 15 is 0 Å². The van der Waals surface area contributed by atoms with Crippen molar-refractivity contribution in [2.45, 2.75) is 71.0 Å². The summed E-state index contributed by atoms with van der Waals surface area (Å²) < 4.78 is 22.2. The maximum atomic E-state index is 7.30. The maximum Gasteiger partial charge on any atom is 0.228 e. The predicted octanol–water partition coefficient (Wildman–Crippen LogP) is 3.39. The summed E-state index contributed by atoms with van der Waals surface area (Å²) in [6.45, 7) is 13.9. The Bertz CT molecular complexity index is 280. The fourth-order valence-electron chi connectivity index (χ4n) is 2.39. The Labute approximate surface area is 128 Å². The molecule has 122 valence electrons. The molecule has 0 amide bonds. The first-order valence-electron chi connectivity index (χ1n) is 8.13. The molecule has 1 rings (SSSR count). The number of ether oxygens (including phenoxy) is 4. The Balaban J connectivity index is 2.15. The molecule has 0 bridgehead atoms. The summed E-state index contributed by atoms with van der Waals surface area (Å²) in [6.07, 6.45) is 5.32. The zero-order valence-corrected chi connectivity index (χ0v) is 13.4. The molecule has 0 spiro atoms. The fraction of sp³-hybridized carbons (Fsp3) is 0.938. The zero-order valence-electron chi connectivity index (χ0n) is 13.4. The molecule has 0 aromatic carbocycles. The van der Waals surface area contributed by atoms with Crippen LogP contribution in [0.25, 0.3) is 4.85 Å². The molecule has 2 unspecified atom stereocenters. The van der Waals surface area contributed by atoms with Gasteiger partial charge in [-0.05, 0) is 39.5 Å². The molecule has 0 N–H and O–H groups in total. The monoisotopic (exact) mass is 299 g/mol. The highest BCUT2D eigenvalue weighted by atomic mass is 16.7. The van der Waals surface area contributed by atoms with Gasteiger partial charge in [0.2, 0.25) is 6.04 Å². The minimum Gasteiger partial charge on any atom is -0.353 e. The van der Waals surface area contributed by atoms with Crippen LogP contribution in [0.1, 0.15) is 52.4 Å². The van der Waals surface area contributed by atoms with Crippen LogP contribution in [0.4, 0.5) is 0 Å². The van der Waals surface area contributed by atoms with Crippen molar-refractivity contribution < 1.29 is 18.9 Å². The molecule has 5 nitrogen and oxygen atoms in total. The standard InChI is InChI=1S/C16H29NO4/c1-4-18-16(19-5-2)13-14(17-3)9-8-12-21-15-10-6-7-11-20-15/h14-16H,4-13H2,1-2H3. The second kappa shape index (κ2) is 11.9. The van der Waals surface area contributed by atoms with Crippen LogP contribution >= 0.6 is 0 Å². The van der Waals surface area contributed by atoms with Gasteiger partial charge in [-0.15, -0.1) is 0 Å². The first-order valence-corrected chi connectivity index (χ1v) is 8.13. The van der Waals surface area contributed by atoms with Gasteiger partial charge in [0, 0.05) is 26.2 Å². The van der Waals surface area contributed by atoms with E-state index in [-0.39, 0.29) is 18.6 Å². The number of rotatable bonds is 11. The van der Waals surface area contributed by atoms with Gasteiger partial charge in [0.05, 0.1) is 13.0 Å². The molecule has 1 aliphatic rings. The topological polar surface area (TPSA) is 41.3 Å². The van der Waals surface area contributed by atoms with Crippen molar-refractivity contribution in [2.24, 2.45) is 0 Å². The van der Waals surface area contributed by atoms with Crippen LogP contribution in [0.15, 0.2) is 0 Å². The van der Waals surface area contributed by atoms with Gasteiger partial charge in [-0.25, -0.2) is 6.57 Å². The number of nitrogens with zero attached hydrogens (tertiary/aromatic N) is 1. The van der Waals surface area contributed by atoms with E-state index in [0.29, 0.717) is 26.2 Å². The normalized spacial score (nSPS) is 20.4. The third-order valence-corrected chi connectivity index (χ3v) is 3.48. The van der Waals surface area contributed by atoms with E-state index in [4.69, 9.17) is 25.5 Å². The van der Waals surface area contributed by atoms with Gasteiger partial charge < -0.3 is 23.8 Å². The van der Waals surface area contributed by atoms with Crippen molar-refractivity contribution in [1.29, 1.82) is 0 Å². The van der Waals surface area contributed by atoms with Gasteiger partial charge in [-0.1, -0.05) is 0 Å². The fourth-order valence-corrected chi connectivity index (χ4v) is 2.39. The SMILES string of the molecule is [C-]#[N+]C(CCCOC1CCCCO1)CC(OCC)OCC. The second-order valence-corrected chi connectivity index (χ2v) is 5.17. The second-order valence-electron chi connectivity index (χ2n) is 5.17. The molecule has 1 aliphatic heterocycles. The van der Waals surface area contributed by atoms with Crippen LogP contribution in [0.3, 0.4) is 0 Å². The van der Waals surface area contributed by atoms with E-state index in [2.05, 4.69) is 4.85 Å². The number of hydrogen-bond donors (Lipinski definition) is 0. The third kappa shape index (κ3) is 8.37. The van der Waals surface area contributed by atoms with E-state index in [0.717, 1.165) is 32.3 Å². The summed E-state index contributed by atoms with van der Waals surface area (Å²) in [5.41, 5.74) is 0. The van der Waals surface area contributed by atoms with E-state index in [1.54, 1.807) is 0 Å². The molecular weight excluding hydrogens is 270 g/mol. The summed E-state index contributed by atoms with van der Waals surface area (Å²) in [6, 6.07) is -0.0658. The van der Waals surface area contributed by atoms with Gasteiger partial charge in [-0.3, -0.25) is 0 Å². The molecule has 5 heteroatoms. The first-order chi connectivity index (χ1) is 10.3. The molecule has 21 heavy (non-hydrogen) atoms. The number of hydrogen-bond acceptors (Lipinski definition) is 4. The van der Waals surface area contributed by atoms with Crippen molar-refractivity contribution >= 4 is 0 Å². The van der Waals surface area contributed by atoms with Crippen LogP contribution in [0.5, 0.6) is 0 Å². The van der Waals surface area contributed by atoms with Crippen molar-refractivity contribution in [3.8, 4) is 0 Å². The molecule has 1 fully saturated rings.